The lowest BCUT2D eigenvalue weighted by molar-refractivity contribution is 0.410. The van der Waals surface area contributed by atoms with E-state index in [1.165, 1.54) is 6.07 Å². The van der Waals surface area contributed by atoms with Crippen LogP contribution in [0.3, 0.4) is 0 Å². The quantitative estimate of drug-likeness (QED) is 0.911. The van der Waals surface area contributed by atoms with Gasteiger partial charge in [0.15, 0.2) is 11.5 Å². The summed E-state index contributed by atoms with van der Waals surface area (Å²) in [6.07, 6.45) is 3.20. The Labute approximate surface area is 106 Å². The van der Waals surface area contributed by atoms with Crippen molar-refractivity contribution >= 4 is 27.5 Å². The fraction of sp³-hybridized carbons (Fsp3) is 0. The normalized spacial score (nSPS) is 10.1. The van der Waals surface area contributed by atoms with Crippen LogP contribution in [0.1, 0.15) is 0 Å². The van der Waals surface area contributed by atoms with Gasteiger partial charge in [-0.1, -0.05) is 11.6 Å². The number of hydrogen-bond donors (Lipinski definition) is 1. The smallest absolute Gasteiger partial charge is 0.169 e. The zero-order valence-electron chi connectivity index (χ0n) is 8.02. The molecule has 2 aromatic rings. The zero-order valence-corrected chi connectivity index (χ0v) is 10.4. The summed E-state index contributed by atoms with van der Waals surface area (Å²) >= 11 is 8.99. The summed E-state index contributed by atoms with van der Waals surface area (Å²) in [6, 6.07) is 6.41. The molecule has 0 unspecified atom stereocenters. The third-order valence-corrected chi connectivity index (χ3v) is 2.50. The Morgan fingerprint density at radius 1 is 1.25 bits per heavy atom. The average Bonchev–Trinajstić information content (AvgIpc) is 2.22. The monoisotopic (exact) mass is 299 g/mol. The molecule has 5 heteroatoms. The number of hydrogen-bond acceptors (Lipinski definition) is 3. The summed E-state index contributed by atoms with van der Waals surface area (Å²) in [7, 11) is 0. The number of halogens is 2. The van der Waals surface area contributed by atoms with Crippen molar-refractivity contribution in [3.8, 4) is 17.2 Å². The number of benzene rings is 1. The first-order valence-electron chi connectivity index (χ1n) is 4.42. The molecule has 0 fully saturated rings. The second-order valence-corrected chi connectivity index (χ2v) is 4.41. The van der Waals surface area contributed by atoms with Gasteiger partial charge in [-0.15, -0.1) is 0 Å². The molecule has 2 rings (SSSR count). The van der Waals surface area contributed by atoms with E-state index in [-0.39, 0.29) is 5.75 Å². The first-order chi connectivity index (χ1) is 7.65. The Bertz CT molecular complexity index is 519. The summed E-state index contributed by atoms with van der Waals surface area (Å²) in [5, 5.41) is 10.0. The van der Waals surface area contributed by atoms with Gasteiger partial charge in [-0.2, -0.15) is 0 Å². The summed E-state index contributed by atoms with van der Waals surface area (Å²) in [5.41, 5.74) is 0. The predicted molar refractivity (Wildman–Crippen MR) is 65.1 cm³/mol. The van der Waals surface area contributed by atoms with Crippen molar-refractivity contribution in [2.24, 2.45) is 0 Å². The number of ether oxygens (including phenoxy) is 1. The fourth-order valence-electron chi connectivity index (χ4n) is 1.15. The average molecular weight is 301 g/mol. The molecular weight excluding hydrogens is 293 g/mol. The second kappa shape index (κ2) is 4.72. The minimum atomic E-state index is -0.00697. The highest BCUT2D eigenvalue weighted by Gasteiger charge is 2.04. The number of phenols is 1. The number of aromatic nitrogens is 1. The molecule has 0 atom stereocenters. The number of phenolic OH excluding ortho intramolecular Hbond substituents is 1. The largest absolute Gasteiger partial charge is 0.504 e. The molecule has 1 heterocycles. The van der Waals surface area contributed by atoms with Gasteiger partial charge in [0.1, 0.15) is 5.75 Å². The molecule has 0 aliphatic carbocycles. The molecule has 1 aromatic heterocycles. The molecule has 82 valence electrons. The first kappa shape index (κ1) is 11.2. The maximum atomic E-state index is 9.58. The Kier molecular flexibility index (Phi) is 3.31. The van der Waals surface area contributed by atoms with Crippen LogP contribution >= 0.6 is 27.5 Å². The molecule has 3 nitrogen and oxygen atoms in total. The molecule has 1 N–H and O–H groups in total. The number of nitrogens with zero attached hydrogens (tertiary/aromatic N) is 1. The molecule has 0 aliphatic rings. The summed E-state index contributed by atoms with van der Waals surface area (Å²) in [5.74, 6) is 0.865. The van der Waals surface area contributed by atoms with Crippen molar-refractivity contribution in [1.29, 1.82) is 0 Å². The molecular formula is C11H7BrClNO2. The highest BCUT2D eigenvalue weighted by molar-refractivity contribution is 9.10. The van der Waals surface area contributed by atoms with E-state index in [1.54, 1.807) is 30.6 Å². The van der Waals surface area contributed by atoms with Crippen LogP contribution in [-0.2, 0) is 0 Å². The van der Waals surface area contributed by atoms with E-state index in [0.29, 0.717) is 16.5 Å². The molecule has 0 amide bonds. The van der Waals surface area contributed by atoms with Crippen LogP contribution < -0.4 is 4.74 Å². The SMILES string of the molecule is Oc1cc(Cl)ccc1Oc1cncc(Br)c1. The molecule has 0 bridgehead atoms. The third-order valence-electron chi connectivity index (χ3n) is 1.83. The second-order valence-electron chi connectivity index (χ2n) is 3.05. The van der Waals surface area contributed by atoms with Crippen molar-refractivity contribution < 1.29 is 9.84 Å². The van der Waals surface area contributed by atoms with Gasteiger partial charge in [-0.3, -0.25) is 4.98 Å². The van der Waals surface area contributed by atoms with E-state index in [1.807, 2.05) is 0 Å². The van der Waals surface area contributed by atoms with E-state index in [9.17, 15) is 5.11 Å². The van der Waals surface area contributed by atoms with Crippen LogP contribution in [0.15, 0.2) is 41.1 Å². The van der Waals surface area contributed by atoms with Gasteiger partial charge in [0.05, 0.1) is 6.20 Å². The standard InChI is InChI=1S/C11H7BrClNO2/c12-7-3-9(6-14-5-7)16-11-2-1-8(13)4-10(11)15/h1-6,15H. The van der Waals surface area contributed by atoms with Crippen molar-refractivity contribution in [1.82, 2.24) is 4.98 Å². The number of rotatable bonds is 2. The van der Waals surface area contributed by atoms with Crippen LogP contribution in [0.2, 0.25) is 5.02 Å². The highest BCUT2D eigenvalue weighted by atomic mass is 79.9. The van der Waals surface area contributed by atoms with Crippen LogP contribution in [0.5, 0.6) is 17.2 Å². The first-order valence-corrected chi connectivity index (χ1v) is 5.59. The lowest BCUT2D eigenvalue weighted by Crippen LogP contribution is -1.86. The maximum absolute atomic E-state index is 9.58. The molecule has 0 radical (unpaired) electrons. The summed E-state index contributed by atoms with van der Waals surface area (Å²) < 4.78 is 6.25. The summed E-state index contributed by atoms with van der Waals surface area (Å²) in [4.78, 5) is 3.95. The molecule has 0 aliphatic heterocycles. The Morgan fingerprint density at radius 2 is 2.06 bits per heavy atom. The Balaban J connectivity index is 2.27. The Morgan fingerprint density at radius 3 is 2.75 bits per heavy atom. The van der Waals surface area contributed by atoms with Crippen molar-refractivity contribution in [2.45, 2.75) is 0 Å². The van der Waals surface area contributed by atoms with Crippen molar-refractivity contribution in [3.05, 3.63) is 46.2 Å². The van der Waals surface area contributed by atoms with Crippen LogP contribution in [0.25, 0.3) is 0 Å². The lowest BCUT2D eigenvalue weighted by atomic mass is 10.3. The van der Waals surface area contributed by atoms with Crippen molar-refractivity contribution in [2.75, 3.05) is 0 Å². The topological polar surface area (TPSA) is 42.4 Å². The van der Waals surface area contributed by atoms with E-state index in [0.717, 1.165) is 4.47 Å². The van der Waals surface area contributed by atoms with Gasteiger partial charge in [0.25, 0.3) is 0 Å². The molecule has 1 aromatic carbocycles. The predicted octanol–water partition coefficient (Wildman–Crippen LogP) is 4.00. The highest BCUT2D eigenvalue weighted by Crippen LogP contribution is 2.33. The van der Waals surface area contributed by atoms with Gasteiger partial charge < -0.3 is 9.84 Å². The minimum Gasteiger partial charge on any atom is -0.504 e. The fourth-order valence-corrected chi connectivity index (χ4v) is 1.66. The van der Waals surface area contributed by atoms with Gasteiger partial charge in [0.2, 0.25) is 0 Å². The van der Waals surface area contributed by atoms with Gasteiger partial charge in [-0.05, 0) is 34.1 Å². The zero-order chi connectivity index (χ0) is 11.5. The van der Waals surface area contributed by atoms with E-state index in [2.05, 4.69) is 20.9 Å². The van der Waals surface area contributed by atoms with Gasteiger partial charge in [-0.25, -0.2) is 0 Å². The molecule has 0 spiro atoms. The van der Waals surface area contributed by atoms with E-state index < -0.39 is 0 Å². The molecule has 0 saturated heterocycles. The Hall–Kier alpha value is -1.26. The van der Waals surface area contributed by atoms with Gasteiger partial charge >= 0.3 is 0 Å². The lowest BCUT2D eigenvalue weighted by Gasteiger charge is -2.07. The van der Waals surface area contributed by atoms with E-state index in [4.69, 9.17) is 16.3 Å². The minimum absolute atomic E-state index is 0.00697. The van der Waals surface area contributed by atoms with Crippen LogP contribution in [0, 0.1) is 0 Å². The molecule has 16 heavy (non-hydrogen) atoms. The van der Waals surface area contributed by atoms with Crippen molar-refractivity contribution in [3.63, 3.8) is 0 Å². The van der Waals surface area contributed by atoms with Crippen LogP contribution in [-0.4, -0.2) is 10.1 Å². The third kappa shape index (κ3) is 2.65. The maximum Gasteiger partial charge on any atom is 0.169 e. The van der Waals surface area contributed by atoms with E-state index >= 15 is 0 Å². The van der Waals surface area contributed by atoms with Gasteiger partial charge in [0, 0.05) is 21.8 Å². The molecule has 0 saturated carbocycles. The summed E-state index contributed by atoms with van der Waals surface area (Å²) in [6.45, 7) is 0. The number of aromatic hydroxyl groups is 1. The van der Waals surface area contributed by atoms with Crippen LogP contribution in [0.4, 0.5) is 0 Å². The number of pyridine rings is 1.